The van der Waals surface area contributed by atoms with Gasteiger partial charge in [0.15, 0.2) is 0 Å². The molecule has 0 spiro atoms. The Hall–Kier alpha value is -1.14. The molecule has 5 N–H and O–H groups in total. The summed E-state index contributed by atoms with van der Waals surface area (Å²) in [5.74, 6) is -1.73. The standard InChI is InChI=1S/2C4H9NO2/c1-2-5-3-4(6)7;1-2-3(5)4(6)7/h5H,2-3H2,1H3,(H,6,7);3H,2,5H2,1H3,(H,6,7)/t;3-/m.0/s1. The molecule has 14 heavy (non-hydrogen) atoms. The van der Waals surface area contributed by atoms with E-state index in [0.29, 0.717) is 13.0 Å². The van der Waals surface area contributed by atoms with Crippen molar-refractivity contribution in [1.82, 2.24) is 5.32 Å². The molecule has 0 saturated carbocycles. The van der Waals surface area contributed by atoms with Gasteiger partial charge in [0.05, 0.1) is 6.54 Å². The largest absolute Gasteiger partial charge is 0.480 e. The highest BCUT2D eigenvalue weighted by Gasteiger charge is 2.05. The first-order valence-corrected chi connectivity index (χ1v) is 4.36. The van der Waals surface area contributed by atoms with E-state index in [-0.39, 0.29) is 6.54 Å². The molecule has 0 aliphatic heterocycles. The number of carboxylic acid groups (broad SMARTS) is 2. The summed E-state index contributed by atoms with van der Waals surface area (Å²) in [6.45, 7) is 4.38. The topological polar surface area (TPSA) is 113 Å². The van der Waals surface area contributed by atoms with E-state index in [1.807, 2.05) is 6.92 Å². The van der Waals surface area contributed by atoms with Gasteiger partial charge in [-0.3, -0.25) is 9.59 Å². The van der Waals surface area contributed by atoms with Crippen LogP contribution in [-0.4, -0.2) is 41.3 Å². The van der Waals surface area contributed by atoms with Crippen LogP contribution in [0.3, 0.4) is 0 Å². The van der Waals surface area contributed by atoms with Gasteiger partial charge in [-0.25, -0.2) is 0 Å². The van der Waals surface area contributed by atoms with Crippen LogP contribution in [0.15, 0.2) is 0 Å². The van der Waals surface area contributed by atoms with Crippen LogP contribution in [0.5, 0.6) is 0 Å². The van der Waals surface area contributed by atoms with Crippen molar-refractivity contribution in [2.24, 2.45) is 5.73 Å². The minimum absolute atomic E-state index is 0.0660. The zero-order valence-electron chi connectivity index (χ0n) is 8.49. The van der Waals surface area contributed by atoms with Crippen molar-refractivity contribution in [3.63, 3.8) is 0 Å². The fourth-order valence-corrected chi connectivity index (χ4v) is 0.407. The summed E-state index contributed by atoms with van der Waals surface area (Å²) < 4.78 is 0. The van der Waals surface area contributed by atoms with E-state index in [1.54, 1.807) is 6.92 Å². The second kappa shape index (κ2) is 9.94. The molecule has 0 bridgehead atoms. The maximum absolute atomic E-state index is 9.81. The van der Waals surface area contributed by atoms with Crippen molar-refractivity contribution >= 4 is 11.9 Å². The second-order valence-electron chi connectivity index (χ2n) is 2.53. The number of hydrogen-bond donors (Lipinski definition) is 4. The SMILES string of the molecule is CCNCC(=O)O.CC[C@H](N)C(=O)O. The minimum atomic E-state index is -0.928. The molecule has 0 aliphatic rings. The highest BCUT2D eigenvalue weighted by molar-refractivity contribution is 5.72. The molecule has 0 saturated heterocycles. The maximum Gasteiger partial charge on any atom is 0.320 e. The van der Waals surface area contributed by atoms with Gasteiger partial charge in [-0.2, -0.15) is 0 Å². The van der Waals surface area contributed by atoms with Crippen LogP contribution < -0.4 is 11.1 Å². The van der Waals surface area contributed by atoms with Crippen molar-refractivity contribution in [2.75, 3.05) is 13.1 Å². The van der Waals surface area contributed by atoms with Crippen molar-refractivity contribution in [3.05, 3.63) is 0 Å². The fraction of sp³-hybridized carbons (Fsp3) is 0.750. The summed E-state index contributed by atoms with van der Waals surface area (Å²) in [5, 5.41) is 18.7. The average molecular weight is 206 g/mol. The van der Waals surface area contributed by atoms with Crippen LogP contribution in [0.25, 0.3) is 0 Å². The quantitative estimate of drug-likeness (QED) is 0.482. The third-order valence-electron chi connectivity index (χ3n) is 1.28. The van der Waals surface area contributed by atoms with E-state index < -0.39 is 18.0 Å². The molecule has 6 nitrogen and oxygen atoms in total. The number of rotatable bonds is 5. The second-order valence-corrected chi connectivity index (χ2v) is 2.53. The maximum atomic E-state index is 9.81. The lowest BCUT2D eigenvalue weighted by atomic mass is 10.2. The van der Waals surface area contributed by atoms with Gasteiger partial charge in [0, 0.05) is 0 Å². The fourth-order valence-electron chi connectivity index (χ4n) is 0.407. The first kappa shape index (κ1) is 15.3. The lowest BCUT2D eigenvalue weighted by molar-refractivity contribution is -0.138. The summed E-state index contributed by atoms with van der Waals surface area (Å²) in [6.07, 6.45) is 0.495. The van der Waals surface area contributed by atoms with Gasteiger partial charge in [-0.05, 0) is 13.0 Å². The molecule has 0 radical (unpaired) electrons. The summed E-state index contributed by atoms with van der Waals surface area (Å²) in [4.78, 5) is 19.5. The Morgan fingerprint density at radius 2 is 1.86 bits per heavy atom. The number of hydrogen-bond acceptors (Lipinski definition) is 4. The summed E-state index contributed by atoms with van der Waals surface area (Å²) in [5.41, 5.74) is 5.02. The van der Waals surface area contributed by atoms with E-state index in [9.17, 15) is 9.59 Å². The molecular formula is C8H18N2O4. The zero-order chi connectivity index (χ0) is 11.6. The Morgan fingerprint density at radius 3 is 1.93 bits per heavy atom. The molecule has 0 heterocycles. The van der Waals surface area contributed by atoms with Gasteiger partial charge in [0.2, 0.25) is 0 Å². The molecule has 0 amide bonds. The van der Waals surface area contributed by atoms with Gasteiger partial charge < -0.3 is 21.3 Å². The molecule has 84 valence electrons. The molecule has 0 aromatic carbocycles. The smallest absolute Gasteiger partial charge is 0.320 e. The van der Waals surface area contributed by atoms with Gasteiger partial charge in [-0.1, -0.05) is 13.8 Å². The van der Waals surface area contributed by atoms with Crippen LogP contribution in [0.1, 0.15) is 20.3 Å². The number of carbonyl (C=O) groups is 2. The molecule has 0 aromatic heterocycles. The van der Waals surface area contributed by atoms with Crippen molar-refractivity contribution in [2.45, 2.75) is 26.3 Å². The Kier molecular flexibility index (Phi) is 10.9. The first-order chi connectivity index (χ1) is 6.45. The lowest BCUT2D eigenvalue weighted by Crippen LogP contribution is -2.28. The van der Waals surface area contributed by atoms with Gasteiger partial charge in [-0.15, -0.1) is 0 Å². The molecule has 6 heteroatoms. The summed E-state index contributed by atoms with van der Waals surface area (Å²) in [6, 6.07) is -0.681. The molecule has 0 fully saturated rings. The predicted octanol–water partition coefficient (Wildman–Crippen LogP) is -0.511. The van der Waals surface area contributed by atoms with E-state index >= 15 is 0 Å². The normalized spacial score (nSPS) is 11.1. The van der Waals surface area contributed by atoms with Crippen LogP contribution in [0.2, 0.25) is 0 Å². The Balaban J connectivity index is 0. The molecular weight excluding hydrogens is 188 g/mol. The average Bonchev–Trinajstić information content (AvgIpc) is 2.14. The van der Waals surface area contributed by atoms with Crippen molar-refractivity contribution in [3.8, 4) is 0 Å². The van der Waals surface area contributed by atoms with Gasteiger partial charge in [0.25, 0.3) is 0 Å². The lowest BCUT2D eigenvalue weighted by Gasteiger charge is -1.97. The number of nitrogens with one attached hydrogen (secondary N) is 1. The van der Waals surface area contributed by atoms with Crippen LogP contribution in [0.4, 0.5) is 0 Å². The molecule has 0 rings (SSSR count). The summed E-state index contributed by atoms with van der Waals surface area (Å²) in [7, 11) is 0. The van der Waals surface area contributed by atoms with Gasteiger partial charge in [0.1, 0.15) is 6.04 Å². The Bertz CT molecular complexity index is 173. The van der Waals surface area contributed by atoms with Crippen LogP contribution >= 0.6 is 0 Å². The third kappa shape index (κ3) is 13.4. The van der Waals surface area contributed by atoms with Crippen LogP contribution in [0, 0.1) is 0 Å². The molecule has 0 unspecified atom stereocenters. The molecule has 1 atom stereocenters. The van der Waals surface area contributed by atoms with Crippen LogP contribution in [-0.2, 0) is 9.59 Å². The number of aliphatic carboxylic acids is 2. The van der Waals surface area contributed by atoms with E-state index in [0.717, 1.165) is 0 Å². The zero-order valence-corrected chi connectivity index (χ0v) is 8.49. The molecule has 0 aliphatic carbocycles. The van der Waals surface area contributed by atoms with Crippen molar-refractivity contribution < 1.29 is 19.8 Å². The molecule has 0 aromatic rings. The van der Waals surface area contributed by atoms with Crippen molar-refractivity contribution in [1.29, 1.82) is 0 Å². The Morgan fingerprint density at radius 1 is 1.36 bits per heavy atom. The highest BCUT2D eigenvalue weighted by Crippen LogP contribution is 1.82. The van der Waals surface area contributed by atoms with E-state index in [1.165, 1.54) is 0 Å². The number of nitrogens with two attached hydrogens (primary N) is 1. The monoisotopic (exact) mass is 206 g/mol. The van der Waals surface area contributed by atoms with E-state index in [4.69, 9.17) is 15.9 Å². The van der Waals surface area contributed by atoms with Gasteiger partial charge >= 0.3 is 11.9 Å². The van der Waals surface area contributed by atoms with E-state index in [2.05, 4.69) is 5.32 Å². The highest BCUT2D eigenvalue weighted by atomic mass is 16.4. The number of likely N-dealkylation sites (N-methyl/N-ethyl adjacent to an activating group) is 1. The number of carboxylic acids is 2. The minimum Gasteiger partial charge on any atom is -0.480 e. The first-order valence-electron chi connectivity index (χ1n) is 4.36. The Labute approximate surface area is 83.1 Å². The summed E-state index contributed by atoms with van der Waals surface area (Å²) >= 11 is 0. The predicted molar refractivity (Wildman–Crippen MR) is 52.1 cm³/mol. The third-order valence-corrected chi connectivity index (χ3v) is 1.28.